The molecule has 0 saturated carbocycles. The number of rotatable bonds is 3. The molecule has 2 N–H and O–H groups in total. The predicted octanol–water partition coefficient (Wildman–Crippen LogP) is 1.80. The molecule has 126 valence electrons. The highest BCUT2D eigenvalue weighted by atomic mass is 35.5. The van der Waals surface area contributed by atoms with Crippen molar-refractivity contribution in [1.82, 2.24) is 10.6 Å². The first-order valence-corrected chi connectivity index (χ1v) is 8.67. The smallest absolute Gasteiger partial charge is 0.240 e. The zero-order valence-corrected chi connectivity index (χ0v) is 14.7. The zero-order valence-electron chi connectivity index (χ0n) is 13.1. The summed E-state index contributed by atoms with van der Waals surface area (Å²) >= 11 is 1.53. The molecular formula is C16H22ClN3O2S. The van der Waals surface area contributed by atoms with Gasteiger partial charge in [0, 0.05) is 17.0 Å². The number of hydrogen-bond donors (Lipinski definition) is 2. The number of anilines is 1. The molecule has 0 aromatic heterocycles. The molecule has 0 spiro atoms. The molecule has 0 radical (unpaired) electrons. The van der Waals surface area contributed by atoms with Crippen molar-refractivity contribution in [3.05, 3.63) is 24.3 Å². The molecule has 2 heterocycles. The van der Waals surface area contributed by atoms with E-state index in [0.717, 1.165) is 30.0 Å². The third kappa shape index (κ3) is 4.40. The molecule has 7 heteroatoms. The van der Waals surface area contributed by atoms with Crippen LogP contribution in [0.2, 0.25) is 0 Å². The van der Waals surface area contributed by atoms with Gasteiger partial charge < -0.3 is 15.5 Å². The molecule has 2 aliphatic rings. The highest BCUT2D eigenvalue weighted by Crippen LogP contribution is 2.34. The molecule has 0 aliphatic carbocycles. The summed E-state index contributed by atoms with van der Waals surface area (Å²) in [5.74, 6) is 0.320. The van der Waals surface area contributed by atoms with Crippen molar-refractivity contribution < 1.29 is 9.59 Å². The van der Waals surface area contributed by atoms with E-state index in [1.54, 1.807) is 4.90 Å². The Morgan fingerprint density at radius 1 is 1.43 bits per heavy atom. The van der Waals surface area contributed by atoms with Gasteiger partial charge in [-0.25, -0.2) is 0 Å². The normalized spacial score (nSPS) is 23.7. The summed E-state index contributed by atoms with van der Waals surface area (Å²) in [4.78, 5) is 27.1. The van der Waals surface area contributed by atoms with Crippen molar-refractivity contribution >= 4 is 41.7 Å². The van der Waals surface area contributed by atoms with Gasteiger partial charge in [0.1, 0.15) is 6.54 Å². The van der Waals surface area contributed by atoms with E-state index < -0.39 is 0 Å². The van der Waals surface area contributed by atoms with E-state index in [2.05, 4.69) is 17.6 Å². The number of para-hydroxylation sites is 1. The minimum Gasteiger partial charge on any atom is -0.352 e. The van der Waals surface area contributed by atoms with E-state index in [-0.39, 0.29) is 36.8 Å². The Bertz CT molecular complexity index is 584. The largest absolute Gasteiger partial charge is 0.352 e. The molecule has 3 rings (SSSR count). The Labute approximate surface area is 147 Å². The van der Waals surface area contributed by atoms with Crippen LogP contribution in [0.25, 0.3) is 0 Å². The van der Waals surface area contributed by atoms with Gasteiger partial charge in [-0.15, -0.1) is 24.2 Å². The molecule has 1 aromatic carbocycles. The average molecular weight is 356 g/mol. The summed E-state index contributed by atoms with van der Waals surface area (Å²) in [5, 5.41) is 6.44. The van der Waals surface area contributed by atoms with Gasteiger partial charge in [0.25, 0.3) is 0 Å². The summed E-state index contributed by atoms with van der Waals surface area (Å²) < 4.78 is 0. The van der Waals surface area contributed by atoms with Crippen molar-refractivity contribution in [1.29, 1.82) is 0 Å². The summed E-state index contributed by atoms with van der Waals surface area (Å²) in [7, 11) is 0. The fourth-order valence-corrected chi connectivity index (χ4v) is 3.94. The van der Waals surface area contributed by atoms with Crippen LogP contribution in [0.15, 0.2) is 29.2 Å². The van der Waals surface area contributed by atoms with Gasteiger partial charge in [-0.3, -0.25) is 9.59 Å². The molecule has 2 amide bonds. The fraction of sp³-hybridized carbons (Fsp3) is 0.500. The third-order valence-electron chi connectivity index (χ3n) is 4.10. The number of fused-ring (bicyclic) bond motifs is 1. The number of piperidine rings is 1. The lowest BCUT2D eigenvalue weighted by Crippen LogP contribution is -2.50. The third-order valence-corrected chi connectivity index (χ3v) is 5.15. The highest BCUT2D eigenvalue weighted by Gasteiger charge is 2.27. The number of thioether (sulfide) groups is 1. The van der Waals surface area contributed by atoms with Gasteiger partial charge in [0.15, 0.2) is 0 Å². The second-order valence-electron chi connectivity index (χ2n) is 5.88. The van der Waals surface area contributed by atoms with E-state index >= 15 is 0 Å². The maximum atomic E-state index is 12.3. The number of amides is 2. The van der Waals surface area contributed by atoms with E-state index in [0.29, 0.717) is 11.8 Å². The van der Waals surface area contributed by atoms with Crippen LogP contribution in [0.4, 0.5) is 5.69 Å². The van der Waals surface area contributed by atoms with Crippen LogP contribution in [-0.2, 0) is 9.59 Å². The molecule has 2 atom stereocenters. The summed E-state index contributed by atoms with van der Waals surface area (Å²) in [6, 6.07) is 8.37. The van der Waals surface area contributed by atoms with Crippen molar-refractivity contribution in [2.24, 2.45) is 0 Å². The first-order valence-electron chi connectivity index (χ1n) is 7.68. The minimum atomic E-state index is -0.0749. The highest BCUT2D eigenvalue weighted by molar-refractivity contribution is 8.00. The maximum Gasteiger partial charge on any atom is 0.240 e. The molecule has 0 bridgehead atoms. The Hall–Kier alpha value is -1.24. The van der Waals surface area contributed by atoms with E-state index in [1.807, 2.05) is 24.3 Å². The van der Waals surface area contributed by atoms with Crippen LogP contribution in [-0.4, -0.2) is 42.7 Å². The monoisotopic (exact) mass is 355 g/mol. The summed E-state index contributed by atoms with van der Waals surface area (Å²) in [6.07, 6.45) is 1.88. The second-order valence-corrected chi connectivity index (χ2v) is 6.90. The fourth-order valence-electron chi connectivity index (χ4n) is 3.01. The predicted molar refractivity (Wildman–Crippen MR) is 95.4 cm³/mol. The Morgan fingerprint density at radius 3 is 3.00 bits per heavy atom. The van der Waals surface area contributed by atoms with Crippen molar-refractivity contribution in [2.75, 3.05) is 23.7 Å². The van der Waals surface area contributed by atoms with Crippen molar-refractivity contribution in [2.45, 2.75) is 36.7 Å². The van der Waals surface area contributed by atoms with E-state index in [9.17, 15) is 9.59 Å². The molecule has 5 nitrogen and oxygen atoms in total. The molecule has 2 aliphatic heterocycles. The van der Waals surface area contributed by atoms with Gasteiger partial charge in [0.05, 0.1) is 11.4 Å². The minimum absolute atomic E-state index is 0. The second kappa shape index (κ2) is 8.04. The molecule has 2 unspecified atom stereocenters. The maximum absolute atomic E-state index is 12.3. The lowest BCUT2D eigenvalue weighted by molar-refractivity contribution is -0.123. The lowest BCUT2D eigenvalue weighted by atomic mass is 10.0. The van der Waals surface area contributed by atoms with E-state index in [4.69, 9.17) is 0 Å². The average Bonchev–Trinajstić information content (AvgIpc) is 2.50. The topological polar surface area (TPSA) is 61.4 Å². The van der Waals surface area contributed by atoms with Gasteiger partial charge in [-0.2, -0.15) is 0 Å². The standard InChI is InChI=1S/C16H21N3O2S.ClH/c1-11-8-12(6-7-17-11)18-15(20)9-19-13-4-2-3-5-14(13)22-10-16(19)21;/h2-5,11-12,17H,6-10H2,1H3,(H,18,20);1H. The van der Waals surface area contributed by atoms with Crippen LogP contribution in [0.3, 0.4) is 0 Å². The summed E-state index contributed by atoms with van der Waals surface area (Å²) in [5.41, 5.74) is 0.845. The number of hydrogen-bond acceptors (Lipinski definition) is 4. The van der Waals surface area contributed by atoms with Crippen LogP contribution in [0.5, 0.6) is 0 Å². The molecular weight excluding hydrogens is 334 g/mol. The Kier molecular flexibility index (Phi) is 6.33. The number of halogens is 1. The quantitative estimate of drug-likeness (QED) is 0.868. The van der Waals surface area contributed by atoms with Gasteiger partial charge >= 0.3 is 0 Å². The van der Waals surface area contributed by atoms with Crippen molar-refractivity contribution in [3.63, 3.8) is 0 Å². The molecule has 23 heavy (non-hydrogen) atoms. The SMILES string of the molecule is CC1CC(NC(=O)CN2C(=O)CSc3ccccc32)CCN1.Cl. The first-order chi connectivity index (χ1) is 10.6. The van der Waals surface area contributed by atoms with Gasteiger partial charge in [-0.05, 0) is 38.4 Å². The zero-order chi connectivity index (χ0) is 15.5. The first kappa shape index (κ1) is 18.1. The van der Waals surface area contributed by atoms with Crippen molar-refractivity contribution in [3.8, 4) is 0 Å². The number of nitrogens with one attached hydrogen (secondary N) is 2. The summed E-state index contributed by atoms with van der Waals surface area (Å²) in [6.45, 7) is 3.16. The number of carbonyl (C=O) groups excluding carboxylic acids is 2. The van der Waals surface area contributed by atoms with Crippen LogP contribution in [0, 0.1) is 0 Å². The number of benzene rings is 1. The Morgan fingerprint density at radius 2 is 2.22 bits per heavy atom. The van der Waals surface area contributed by atoms with Crippen LogP contribution >= 0.6 is 24.2 Å². The van der Waals surface area contributed by atoms with E-state index in [1.165, 1.54) is 11.8 Å². The molecule has 1 aromatic rings. The number of carbonyl (C=O) groups is 2. The van der Waals surface area contributed by atoms with Gasteiger partial charge in [-0.1, -0.05) is 12.1 Å². The molecule has 1 saturated heterocycles. The lowest BCUT2D eigenvalue weighted by Gasteiger charge is -2.31. The van der Waals surface area contributed by atoms with Gasteiger partial charge in [0.2, 0.25) is 11.8 Å². The Balaban J connectivity index is 0.00000192. The number of nitrogens with zero attached hydrogens (tertiary/aromatic N) is 1. The van der Waals surface area contributed by atoms with Crippen LogP contribution in [0.1, 0.15) is 19.8 Å². The molecule has 1 fully saturated rings. The van der Waals surface area contributed by atoms with Crippen LogP contribution < -0.4 is 15.5 Å².